The van der Waals surface area contributed by atoms with Gasteiger partial charge in [-0.05, 0) is 31.9 Å². The smallest absolute Gasteiger partial charge is 0.328 e. The molecule has 0 saturated heterocycles. The number of nitrogens with one attached hydrogen (secondary N) is 1. The van der Waals surface area contributed by atoms with Gasteiger partial charge in [0.15, 0.2) is 0 Å². The highest BCUT2D eigenvalue weighted by Gasteiger charge is 2.15. The summed E-state index contributed by atoms with van der Waals surface area (Å²) in [5.74, 6) is -0.271. The van der Waals surface area contributed by atoms with Crippen LogP contribution in [0.25, 0.3) is 0 Å². The maximum absolute atomic E-state index is 11.6. The number of ether oxygens (including phenoxy) is 1. The lowest BCUT2D eigenvalue weighted by molar-refractivity contribution is -0.142. The lowest BCUT2D eigenvalue weighted by Gasteiger charge is -2.17. The number of para-hydroxylation sites is 1. The monoisotopic (exact) mass is 233 g/mol. The molecule has 0 aliphatic heterocycles. The number of esters is 1. The Labute approximate surface area is 102 Å². The van der Waals surface area contributed by atoms with E-state index in [9.17, 15) is 4.79 Å². The van der Waals surface area contributed by atoms with E-state index in [0.717, 1.165) is 16.8 Å². The lowest BCUT2D eigenvalue weighted by atomic mass is 10.1. The molecule has 1 N–H and O–H groups in total. The quantitative estimate of drug-likeness (QED) is 0.627. The van der Waals surface area contributed by atoms with Gasteiger partial charge in [0, 0.05) is 5.69 Å². The topological polar surface area (TPSA) is 38.3 Å². The number of carbonyl (C=O) groups excluding carboxylic acids is 1. The molecule has 1 rings (SSSR count). The second-order valence-electron chi connectivity index (χ2n) is 4.05. The van der Waals surface area contributed by atoms with Gasteiger partial charge in [-0.15, -0.1) is 0 Å². The van der Waals surface area contributed by atoms with Crippen LogP contribution in [0.4, 0.5) is 5.69 Å². The first-order valence-electron chi connectivity index (χ1n) is 5.66. The van der Waals surface area contributed by atoms with E-state index in [0.29, 0.717) is 0 Å². The summed E-state index contributed by atoms with van der Waals surface area (Å²) in [6.07, 6.45) is 1.56. The number of aryl methyl sites for hydroxylation is 2. The second kappa shape index (κ2) is 6.09. The number of hydrogen-bond acceptors (Lipinski definition) is 3. The van der Waals surface area contributed by atoms with Crippen molar-refractivity contribution in [2.45, 2.75) is 26.8 Å². The van der Waals surface area contributed by atoms with Crippen LogP contribution < -0.4 is 5.32 Å². The number of anilines is 1. The SMILES string of the molecule is C=CCOC(=O)C(C)Nc1c(C)cccc1C. The molecule has 1 aromatic rings. The van der Waals surface area contributed by atoms with Crippen molar-refractivity contribution in [2.24, 2.45) is 0 Å². The molecule has 0 aromatic heterocycles. The van der Waals surface area contributed by atoms with Crippen molar-refractivity contribution in [1.82, 2.24) is 0 Å². The molecule has 0 heterocycles. The van der Waals surface area contributed by atoms with E-state index in [4.69, 9.17) is 4.74 Å². The van der Waals surface area contributed by atoms with Crippen LogP contribution >= 0.6 is 0 Å². The first-order chi connectivity index (χ1) is 8.06. The Kier molecular flexibility index (Phi) is 4.76. The highest BCUT2D eigenvalue weighted by atomic mass is 16.5. The predicted octanol–water partition coefficient (Wildman–Crippen LogP) is 2.83. The zero-order valence-electron chi connectivity index (χ0n) is 10.6. The minimum atomic E-state index is -0.366. The van der Waals surface area contributed by atoms with Gasteiger partial charge in [0.2, 0.25) is 0 Å². The van der Waals surface area contributed by atoms with Crippen LogP contribution in [0, 0.1) is 13.8 Å². The maximum Gasteiger partial charge on any atom is 0.328 e. The van der Waals surface area contributed by atoms with Crippen molar-refractivity contribution >= 4 is 11.7 Å². The maximum atomic E-state index is 11.6. The lowest BCUT2D eigenvalue weighted by Crippen LogP contribution is -2.28. The molecule has 0 aliphatic carbocycles. The van der Waals surface area contributed by atoms with Crippen molar-refractivity contribution < 1.29 is 9.53 Å². The first-order valence-corrected chi connectivity index (χ1v) is 5.66. The van der Waals surface area contributed by atoms with Gasteiger partial charge in [-0.1, -0.05) is 30.9 Å². The van der Waals surface area contributed by atoms with Crippen LogP contribution in [0.2, 0.25) is 0 Å². The Morgan fingerprint density at radius 2 is 2.06 bits per heavy atom. The summed E-state index contributed by atoms with van der Waals surface area (Å²) >= 11 is 0. The van der Waals surface area contributed by atoms with Gasteiger partial charge in [-0.25, -0.2) is 4.79 Å². The number of benzene rings is 1. The van der Waals surface area contributed by atoms with Gasteiger partial charge in [0.25, 0.3) is 0 Å². The summed E-state index contributed by atoms with van der Waals surface area (Å²) in [5, 5.41) is 3.18. The van der Waals surface area contributed by atoms with Crippen LogP contribution in [0.3, 0.4) is 0 Å². The van der Waals surface area contributed by atoms with Crippen LogP contribution in [0.1, 0.15) is 18.1 Å². The summed E-state index contributed by atoms with van der Waals surface area (Å²) in [6.45, 7) is 9.57. The Balaban J connectivity index is 2.70. The van der Waals surface area contributed by atoms with Gasteiger partial charge in [-0.2, -0.15) is 0 Å². The molecule has 0 aliphatic rings. The third-order valence-corrected chi connectivity index (χ3v) is 2.54. The Bertz CT molecular complexity index is 392. The third-order valence-electron chi connectivity index (χ3n) is 2.54. The summed E-state index contributed by atoms with van der Waals surface area (Å²) in [5.41, 5.74) is 3.23. The van der Waals surface area contributed by atoms with Crippen LogP contribution in [0.15, 0.2) is 30.9 Å². The molecule has 0 amide bonds. The molecule has 1 aromatic carbocycles. The molecular weight excluding hydrogens is 214 g/mol. The van der Waals surface area contributed by atoms with Crippen LogP contribution in [-0.4, -0.2) is 18.6 Å². The molecule has 92 valence electrons. The highest BCUT2D eigenvalue weighted by molar-refractivity contribution is 5.79. The van der Waals surface area contributed by atoms with E-state index >= 15 is 0 Å². The van der Waals surface area contributed by atoms with E-state index in [1.807, 2.05) is 32.0 Å². The third kappa shape index (κ3) is 3.63. The summed E-state index contributed by atoms with van der Waals surface area (Å²) in [7, 11) is 0. The zero-order chi connectivity index (χ0) is 12.8. The number of rotatable bonds is 5. The minimum Gasteiger partial charge on any atom is -0.460 e. The zero-order valence-corrected chi connectivity index (χ0v) is 10.6. The Hall–Kier alpha value is -1.77. The molecule has 0 bridgehead atoms. The average Bonchev–Trinajstić information content (AvgIpc) is 2.30. The van der Waals surface area contributed by atoms with Crippen molar-refractivity contribution in [2.75, 3.05) is 11.9 Å². The highest BCUT2D eigenvalue weighted by Crippen LogP contribution is 2.20. The molecular formula is C14H19NO2. The fraction of sp³-hybridized carbons (Fsp3) is 0.357. The normalized spacial score (nSPS) is 11.7. The molecule has 17 heavy (non-hydrogen) atoms. The Morgan fingerprint density at radius 1 is 1.47 bits per heavy atom. The van der Waals surface area contributed by atoms with Gasteiger partial charge in [-0.3, -0.25) is 0 Å². The van der Waals surface area contributed by atoms with Crippen molar-refractivity contribution in [3.8, 4) is 0 Å². The first kappa shape index (κ1) is 13.3. The standard InChI is InChI=1S/C14H19NO2/c1-5-9-17-14(16)12(4)15-13-10(2)7-6-8-11(13)3/h5-8,12,15H,1,9H2,2-4H3. The average molecular weight is 233 g/mol. The molecule has 0 spiro atoms. The van der Waals surface area contributed by atoms with Crippen LogP contribution in [0.5, 0.6) is 0 Å². The van der Waals surface area contributed by atoms with Gasteiger partial charge >= 0.3 is 5.97 Å². The molecule has 0 saturated carbocycles. The summed E-state index contributed by atoms with van der Waals surface area (Å²) < 4.78 is 4.99. The van der Waals surface area contributed by atoms with E-state index < -0.39 is 0 Å². The molecule has 0 fully saturated rings. The van der Waals surface area contributed by atoms with Crippen molar-refractivity contribution in [3.05, 3.63) is 42.0 Å². The molecule has 1 unspecified atom stereocenters. The van der Waals surface area contributed by atoms with E-state index in [1.54, 1.807) is 13.0 Å². The summed E-state index contributed by atoms with van der Waals surface area (Å²) in [4.78, 5) is 11.6. The molecule has 1 atom stereocenters. The molecule has 3 nitrogen and oxygen atoms in total. The van der Waals surface area contributed by atoms with E-state index in [1.165, 1.54) is 0 Å². The van der Waals surface area contributed by atoms with Gasteiger partial charge in [0.05, 0.1) is 0 Å². The largest absolute Gasteiger partial charge is 0.460 e. The van der Waals surface area contributed by atoms with Gasteiger partial charge in [0.1, 0.15) is 12.6 Å². The fourth-order valence-electron chi connectivity index (χ4n) is 1.58. The number of hydrogen-bond donors (Lipinski definition) is 1. The second-order valence-corrected chi connectivity index (χ2v) is 4.05. The molecule has 3 heteroatoms. The minimum absolute atomic E-state index is 0.248. The van der Waals surface area contributed by atoms with Gasteiger partial charge < -0.3 is 10.1 Å². The number of carbonyl (C=O) groups is 1. The fourth-order valence-corrected chi connectivity index (χ4v) is 1.58. The Morgan fingerprint density at radius 3 is 2.59 bits per heavy atom. The molecule has 0 radical (unpaired) electrons. The predicted molar refractivity (Wildman–Crippen MR) is 70.2 cm³/mol. The summed E-state index contributed by atoms with van der Waals surface area (Å²) in [6, 6.07) is 5.65. The van der Waals surface area contributed by atoms with Crippen molar-refractivity contribution in [1.29, 1.82) is 0 Å². The van der Waals surface area contributed by atoms with E-state index in [2.05, 4.69) is 11.9 Å². The van der Waals surface area contributed by atoms with Crippen LogP contribution in [-0.2, 0) is 9.53 Å². The van der Waals surface area contributed by atoms with E-state index in [-0.39, 0.29) is 18.6 Å². The van der Waals surface area contributed by atoms with Crippen molar-refractivity contribution in [3.63, 3.8) is 0 Å².